The van der Waals surface area contributed by atoms with Gasteiger partial charge in [0.15, 0.2) is 5.96 Å². The molecule has 1 fully saturated rings. The molecule has 0 aromatic carbocycles. The molecular formula is C39H70N16O7. The van der Waals surface area contributed by atoms with E-state index >= 15 is 0 Å². The third kappa shape index (κ3) is 19.4. The van der Waals surface area contributed by atoms with Crippen LogP contribution in [0.1, 0.15) is 89.2 Å². The van der Waals surface area contributed by atoms with Gasteiger partial charge in [-0.1, -0.05) is 6.08 Å². The van der Waals surface area contributed by atoms with Crippen molar-refractivity contribution in [3.05, 3.63) is 30.0 Å². The Labute approximate surface area is 362 Å². The average molecular weight is 875 g/mol. The Morgan fingerprint density at radius 2 is 1.45 bits per heavy atom. The molecule has 5 atom stereocenters. The number of nitrogens with zero attached hydrogens (tertiary/aromatic N) is 3. The highest BCUT2D eigenvalue weighted by atomic mass is 16.2. The summed E-state index contributed by atoms with van der Waals surface area (Å²) in [5, 5.41) is 16.2. The number of hydrogen-bond donors (Lipinski definition) is 13. The first-order valence-electron chi connectivity index (χ1n) is 21.4. The highest BCUT2D eigenvalue weighted by Crippen LogP contribution is 2.20. The molecule has 1 aromatic rings. The number of unbranched alkanes of at least 4 members (excludes halogenated alkanes) is 3. The molecule has 0 aliphatic carbocycles. The molecule has 23 nitrogen and oxygen atoms in total. The average Bonchev–Trinajstić information content (AvgIpc) is 3.97. The van der Waals surface area contributed by atoms with E-state index in [-0.39, 0.29) is 56.9 Å². The van der Waals surface area contributed by atoms with E-state index in [1.54, 1.807) is 0 Å². The number of imidazole rings is 1. The highest BCUT2D eigenvalue weighted by Gasteiger charge is 2.39. The minimum absolute atomic E-state index is 0.0562. The summed E-state index contributed by atoms with van der Waals surface area (Å²) in [6, 6.07) is -5.24. The monoisotopic (exact) mass is 875 g/mol. The Kier molecular flexibility index (Phi) is 25.7. The van der Waals surface area contributed by atoms with Crippen molar-refractivity contribution < 1.29 is 33.6 Å². The van der Waals surface area contributed by atoms with Crippen LogP contribution in [0.15, 0.2) is 29.3 Å². The van der Waals surface area contributed by atoms with Crippen molar-refractivity contribution in [1.29, 1.82) is 0 Å². The summed E-state index contributed by atoms with van der Waals surface area (Å²) in [5.41, 5.74) is 33.9. The lowest BCUT2D eigenvalue weighted by Gasteiger charge is -2.29. The molecule has 62 heavy (non-hydrogen) atoms. The normalized spacial score (nSPS) is 15.6. The van der Waals surface area contributed by atoms with Gasteiger partial charge in [-0.15, -0.1) is 0 Å². The number of carbonyl (C=O) groups excluding carboxylic acids is 7. The third-order valence-corrected chi connectivity index (χ3v) is 10.1. The summed E-state index contributed by atoms with van der Waals surface area (Å²) in [6.45, 7) is 2.17. The summed E-state index contributed by atoms with van der Waals surface area (Å²) >= 11 is 0. The van der Waals surface area contributed by atoms with Gasteiger partial charge in [-0.3, -0.25) is 38.6 Å². The van der Waals surface area contributed by atoms with Crippen LogP contribution in [-0.4, -0.2) is 139 Å². The largest absolute Gasteiger partial charge is 0.370 e. The van der Waals surface area contributed by atoms with Gasteiger partial charge in [0.1, 0.15) is 35.9 Å². The van der Waals surface area contributed by atoms with Gasteiger partial charge in [0, 0.05) is 37.9 Å². The van der Waals surface area contributed by atoms with E-state index in [9.17, 15) is 33.6 Å². The summed E-state index contributed by atoms with van der Waals surface area (Å²) in [6.07, 6.45) is 10.2. The van der Waals surface area contributed by atoms with Crippen LogP contribution in [0.2, 0.25) is 0 Å². The van der Waals surface area contributed by atoms with Gasteiger partial charge in [0.2, 0.25) is 35.9 Å². The molecule has 1 aromatic heterocycles. The number of aromatic nitrogens is 2. The number of guanidine groups is 1. The molecule has 2 unspecified atom stereocenters. The van der Waals surface area contributed by atoms with Crippen molar-refractivity contribution in [1.82, 2.24) is 46.8 Å². The van der Waals surface area contributed by atoms with E-state index < -0.39 is 65.7 Å². The van der Waals surface area contributed by atoms with Gasteiger partial charge in [-0.05, 0) is 110 Å². The smallest absolute Gasteiger partial charge is 0.268 e. The Morgan fingerprint density at radius 3 is 2.06 bits per heavy atom. The molecule has 0 bridgehead atoms. The van der Waals surface area contributed by atoms with E-state index in [4.69, 9.17) is 34.4 Å². The molecule has 0 spiro atoms. The van der Waals surface area contributed by atoms with Crippen LogP contribution in [0.25, 0.3) is 0 Å². The maximum atomic E-state index is 14.2. The lowest BCUT2D eigenvalue weighted by Crippen LogP contribution is -2.58. The SMILES string of the molecule is NCCCCNC(=O)[C@H](CCCCN)NC(=O)/C(=C/CCN=C(N)N)NC(=O)[C@H](CCCCN)NC(=O)C(Cc1cnc[nH]1)NC(=O)C1CCCN1C(=O)[C@@H](CCCN)NC=O. The quantitative estimate of drug-likeness (QED) is 0.0108. The van der Waals surface area contributed by atoms with Crippen LogP contribution in [0, 0.1) is 0 Å². The molecule has 0 saturated carbocycles. The molecular weight excluding hydrogens is 805 g/mol. The second-order valence-electron chi connectivity index (χ2n) is 14.9. The van der Waals surface area contributed by atoms with Gasteiger partial charge in [-0.25, -0.2) is 4.98 Å². The van der Waals surface area contributed by atoms with Crippen LogP contribution in [0.4, 0.5) is 0 Å². The predicted octanol–water partition coefficient (Wildman–Crippen LogP) is -3.97. The second kappa shape index (κ2) is 30.4. The molecule has 348 valence electrons. The Bertz CT molecular complexity index is 1600. The number of amides is 7. The number of carbonyl (C=O) groups is 7. The molecule has 1 aliphatic rings. The number of likely N-dealkylation sites (tertiary alicyclic amines) is 1. The van der Waals surface area contributed by atoms with Gasteiger partial charge >= 0.3 is 0 Å². The number of H-pyrrole nitrogens is 1. The maximum Gasteiger partial charge on any atom is 0.268 e. The van der Waals surface area contributed by atoms with Crippen molar-refractivity contribution in [2.24, 2.45) is 39.4 Å². The topological polar surface area (TPSA) is 392 Å². The second-order valence-corrected chi connectivity index (χ2v) is 14.9. The van der Waals surface area contributed by atoms with E-state index in [1.807, 2.05) is 0 Å². The number of nitrogens with one attached hydrogen (secondary N) is 7. The maximum absolute atomic E-state index is 14.2. The van der Waals surface area contributed by atoms with Crippen LogP contribution in [0.5, 0.6) is 0 Å². The zero-order valence-electron chi connectivity index (χ0n) is 35.7. The molecule has 2 heterocycles. The first kappa shape index (κ1) is 52.5. The molecule has 1 saturated heterocycles. The zero-order valence-corrected chi connectivity index (χ0v) is 35.7. The number of aromatic amines is 1. The fourth-order valence-electron chi connectivity index (χ4n) is 6.74. The first-order chi connectivity index (χ1) is 29.9. The fraction of sp³-hybridized carbons (Fsp3) is 0.667. The van der Waals surface area contributed by atoms with Crippen LogP contribution in [-0.2, 0) is 40.0 Å². The molecule has 23 heteroatoms. The lowest BCUT2D eigenvalue weighted by atomic mass is 10.0. The zero-order chi connectivity index (χ0) is 45.7. The van der Waals surface area contributed by atoms with Crippen molar-refractivity contribution in [2.75, 3.05) is 45.8 Å². The van der Waals surface area contributed by atoms with Crippen molar-refractivity contribution in [3.63, 3.8) is 0 Å². The molecule has 2 rings (SSSR count). The number of nitrogens with two attached hydrogens (primary N) is 6. The standard InChI is InChI=1S/C39H70N16O7/c40-15-3-1-10-27(33(57)47-19-6-5-17-42)51-35(59)29(13-8-20-48-39(44)45)52-34(58)28(11-2-4-16-41)53-36(60)31(22-26-23-46-24-49-26)54-37(61)32-14-9-21-55(32)38(62)30(50-25-56)12-7-18-43/h13,23-25,27-28,30-32H,1-12,14-22,40-43H2,(H,46,49)(H,47,57)(H,50,56)(H,51,59)(H,52,58)(H,53,60)(H,54,61)(H4,44,45,48)/b29-13-/t27-,28-,30+,31?,32?/m0/s1. The summed E-state index contributed by atoms with van der Waals surface area (Å²) in [4.78, 5) is 106. The fourth-order valence-corrected chi connectivity index (χ4v) is 6.74. The minimum atomic E-state index is -1.25. The van der Waals surface area contributed by atoms with Crippen molar-refractivity contribution in [2.45, 2.75) is 120 Å². The Morgan fingerprint density at radius 1 is 0.806 bits per heavy atom. The molecule has 0 radical (unpaired) electrons. The number of rotatable bonds is 32. The van der Waals surface area contributed by atoms with E-state index in [2.05, 4.69) is 46.9 Å². The van der Waals surface area contributed by atoms with Crippen molar-refractivity contribution >= 4 is 47.8 Å². The van der Waals surface area contributed by atoms with Crippen molar-refractivity contribution in [3.8, 4) is 0 Å². The summed E-state index contributed by atoms with van der Waals surface area (Å²) in [7, 11) is 0. The van der Waals surface area contributed by atoms with Gasteiger partial charge in [0.05, 0.1) is 6.33 Å². The molecule has 19 N–H and O–H groups in total. The molecule has 1 aliphatic heterocycles. The number of aliphatic imine (C=N–C) groups is 1. The Balaban J connectivity index is 2.39. The van der Waals surface area contributed by atoms with E-state index in [0.717, 1.165) is 0 Å². The van der Waals surface area contributed by atoms with E-state index in [0.29, 0.717) is 103 Å². The Hall–Kier alpha value is -5.65. The van der Waals surface area contributed by atoms with Crippen LogP contribution < -0.4 is 66.3 Å². The van der Waals surface area contributed by atoms with Gasteiger partial charge < -0.3 is 76.2 Å². The highest BCUT2D eigenvalue weighted by molar-refractivity contribution is 6.01. The van der Waals surface area contributed by atoms with Gasteiger partial charge in [-0.2, -0.15) is 0 Å². The summed E-state index contributed by atoms with van der Waals surface area (Å²) in [5.74, 6) is -3.87. The lowest BCUT2D eigenvalue weighted by molar-refractivity contribution is -0.141. The summed E-state index contributed by atoms with van der Waals surface area (Å²) < 4.78 is 0. The van der Waals surface area contributed by atoms with E-state index in [1.165, 1.54) is 23.5 Å². The van der Waals surface area contributed by atoms with Gasteiger partial charge in [0.25, 0.3) is 5.91 Å². The predicted molar refractivity (Wildman–Crippen MR) is 233 cm³/mol. The molecule has 7 amide bonds. The minimum Gasteiger partial charge on any atom is -0.370 e. The van der Waals surface area contributed by atoms with Crippen LogP contribution in [0.3, 0.4) is 0 Å². The first-order valence-corrected chi connectivity index (χ1v) is 21.4. The number of hydrogen-bond acceptors (Lipinski definition) is 13. The third-order valence-electron chi connectivity index (χ3n) is 10.1. The van der Waals surface area contributed by atoms with Crippen LogP contribution >= 0.6 is 0 Å².